The lowest BCUT2D eigenvalue weighted by molar-refractivity contribution is -0.125. The third-order valence-electron chi connectivity index (χ3n) is 3.25. The van der Waals surface area contributed by atoms with Gasteiger partial charge in [-0.3, -0.25) is 14.5 Å². The maximum Gasteiger partial charge on any atom is 0.241 e. The summed E-state index contributed by atoms with van der Waals surface area (Å²) in [6, 6.07) is 8.33. The van der Waals surface area contributed by atoms with Gasteiger partial charge in [0.15, 0.2) is 0 Å². The molecule has 6 heteroatoms. The summed E-state index contributed by atoms with van der Waals surface area (Å²) in [6.45, 7) is 7.54. The molecule has 2 amide bonds. The van der Waals surface area contributed by atoms with Crippen LogP contribution in [0.4, 0.5) is 5.69 Å². The van der Waals surface area contributed by atoms with Gasteiger partial charge in [0.25, 0.3) is 0 Å². The molecule has 124 valence electrons. The molecular formula is C17H24N4O2. The van der Waals surface area contributed by atoms with Crippen molar-refractivity contribution in [3.63, 3.8) is 0 Å². The summed E-state index contributed by atoms with van der Waals surface area (Å²) in [5.74, 6) is -0.407. The highest BCUT2D eigenvalue weighted by Gasteiger charge is 2.22. The summed E-state index contributed by atoms with van der Waals surface area (Å²) in [5.41, 5.74) is 0.565. The second-order valence-corrected chi connectivity index (χ2v) is 6.54. The minimum absolute atomic E-state index is 0.117. The van der Waals surface area contributed by atoms with Crippen LogP contribution in [-0.2, 0) is 9.59 Å². The Bertz CT molecular complexity index is 614. The van der Waals surface area contributed by atoms with E-state index in [2.05, 4.69) is 10.6 Å². The highest BCUT2D eigenvalue weighted by atomic mass is 16.2. The van der Waals surface area contributed by atoms with E-state index in [1.165, 1.54) is 0 Å². The average molecular weight is 316 g/mol. The Kier molecular flexibility index (Phi) is 6.28. The molecule has 0 unspecified atom stereocenters. The van der Waals surface area contributed by atoms with Gasteiger partial charge in [0.2, 0.25) is 11.8 Å². The summed E-state index contributed by atoms with van der Waals surface area (Å²) >= 11 is 0. The quantitative estimate of drug-likeness (QED) is 0.866. The molecule has 0 aliphatic rings. The lowest BCUT2D eigenvalue weighted by Gasteiger charge is -2.26. The van der Waals surface area contributed by atoms with Crippen molar-refractivity contribution in [2.24, 2.45) is 0 Å². The number of para-hydroxylation sites is 1. The van der Waals surface area contributed by atoms with Crippen molar-refractivity contribution in [3.05, 3.63) is 29.8 Å². The third kappa shape index (κ3) is 6.09. The summed E-state index contributed by atoms with van der Waals surface area (Å²) < 4.78 is 0. The van der Waals surface area contributed by atoms with Gasteiger partial charge in [-0.1, -0.05) is 12.1 Å². The fourth-order valence-corrected chi connectivity index (χ4v) is 1.95. The molecule has 0 radical (unpaired) electrons. The maximum atomic E-state index is 12.3. The van der Waals surface area contributed by atoms with Gasteiger partial charge in [0.05, 0.1) is 23.8 Å². The fourth-order valence-electron chi connectivity index (χ4n) is 1.95. The van der Waals surface area contributed by atoms with Gasteiger partial charge in [-0.25, -0.2) is 0 Å². The zero-order valence-corrected chi connectivity index (χ0v) is 14.3. The van der Waals surface area contributed by atoms with E-state index >= 15 is 0 Å². The molecule has 1 aromatic carbocycles. The predicted octanol–water partition coefficient (Wildman–Crippen LogP) is 1.73. The molecule has 23 heavy (non-hydrogen) atoms. The molecule has 0 bridgehead atoms. The van der Waals surface area contributed by atoms with Crippen LogP contribution in [0.25, 0.3) is 0 Å². The summed E-state index contributed by atoms with van der Waals surface area (Å²) in [4.78, 5) is 25.9. The Morgan fingerprint density at radius 3 is 2.48 bits per heavy atom. The van der Waals surface area contributed by atoms with Gasteiger partial charge < -0.3 is 10.6 Å². The number of nitriles is 1. The fraction of sp³-hybridized carbons (Fsp3) is 0.471. The molecule has 1 rings (SSSR count). The number of nitrogens with zero attached hydrogens (tertiary/aromatic N) is 2. The second-order valence-electron chi connectivity index (χ2n) is 6.54. The molecule has 0 saturated carbocycles. The van der Waals surface area contributed by atoms with Gasteiger partial charge in [0, 0.05) is 5.54 Å². The number of hydrogen-bond acceptors (Lipinski definition) is 4. The van der Waals surface area contributed by atoms with Crippen LogP contribution in [0.3, 0.4) is 0 Å². The van der Waals surface area contributed by atoms with Crippen molar-refractivity contribution >= 4 is 17.5 Å². The number of hydrogen-bond donors (Lipinski definition) is 2. The van der Waals surface area contributed by atoms with Crippen molar-refractivity contribution in [3.8, 4) is 6.07 Å². The molecule has 0 saturated heterocycles. The topological polar surface area (TPSA) is 85.2 Å². The molecule has 6 nitrogen and oxygen atoms in total. The first-order valence-electron chi connectivity index (χ1n) is 7.45. The van der Waals surface area contributed by atoms with Gasteiger partial charge in [-0.05, 0) is 46.9 Å². The molecule has 0 aliphatic heterocycles. The van der Waals surface area contributed by atoms with Crippen LogP contribution in [0.15, 0.2) is 24.3 Å². The molecule has 1 atom stereocenters. The molecule has 0 aromatic heterocycles. The maximum absolute atomic E-state index is 12.3. The van der Waals surface area contributed by atoms with Crippen LogP contribution in [-0.4, -0.2) is 41.9 Å². The molecular weight excluding hydrogens is 292 g/mol. The smallest absolute Gasteiger partial charge is 0.241 e. The Morgan fingerprint density at radius 2 is 1.91 bits per heavy atom. The first-order valence-corrected chi connectivity index (χ1v) is 7.45. The number of amides is 2. The summed E-state index contributed by atoms with van der Waals surface area (Å²) in [6.07, 6.45) is 0. The lowest BCUT2D eigenvalue weighted by atomic mass is 10.1. The van der Waals surface area contributed by atoms with E-state index in [0.29, 0.717) is 11.3 Å². The highest BCUT2D eigenvalue weighted by molar-refractivity contribution is 5.96. The number of anilines is 1. The third-order valence-corrected chi connectivity index (χ3v) is 3.25. The van der Waals surface area contributed by atoms with E-state index in [4.69, 9.17) is 5.26 Å². The van der Waals surface area contributed by atoms with Gasteiger partial charge in [-0.15, -0.1) is 0 Å². The number of carbonyl (C=O) groups excluding carboxylic acids is 2. The molecule has 2 N–H and O–H groups in total. The molecule has 1 aromatic rings. The predicted molar refractivity (Wildman–Crippen MR) is 89.8 cm³/mol. The van der Waals surface area contributed by atoms with Gasteiger partial charge >= 0.3 is 0 Å². The average Bonchev–Trinajstić information content (AvgIpc) is 2.44. The molecule has 0 fully saturated rings. The number of likely N-dealkylation sites (N-methyl/N-ethyl adjacent to an activating group) is 1. The lowest BCUT2D eigenvalue weighted by Crippen LogP contribution is -2.49. The second kappa shape index (κ2) is 7.75. The molecule has 0 aliphatic carbocycles. The van der Waals surface area contributed by atoms with E-state index in [0.717, 1.165) is 0 Å². The van der Waals surface area contributed by atoms with Crippen molar-refractivity contribution in [1.29, 1.82) is 5.26 Å². The van der Waals surface area contributed by atoms with E-state index in [9.17, 15) is 9.59 Å². The number of rotatable bonds is 5. The zero-order valence-electron chi connectivity index (χ0n) is 14.3. The van der Waals surface area contributed by atoms with Crippen molar-refractivity contribution < 1.29 is 9.59 Å². The largest absolute Gasteiger partial charge is 0.350 e. The van der Waals surface area contributed by atoms with E-state index in [1.54, 1.807) is 43.1 Å². The standard InChI is InChI=1S/C17H24N4O2/c1-12(21(5)11-15(22)20-17(2,3)4)16(23)19-14-9-7-6-8-13(14)10-18/h6-9,12H,11H2,1-5H3,(H,19,23)(H,20,22)/t12-/m1/s1. The van der Waals surface area contributed by atoms with Crippen molar-refractivity contribution in [2.45, 2.75) is 39.3 Å². The zero-order chi connectivity index (χ0) is 17.6. The van der Waals surface area contributed by atoms with Crippen LogP contribution in [0.5, 0.6) is 0 Å². The minimum Gasteiger partial charge on any atom is -0.350 e. The molecule has 0 heterocycles. The number of benzene rings is 1. The van der Waals surface area contributed by atoms with Crippen LogP contribution >= 0.6 is 0 Å². The summed E-state index contributed by atoms with van der Waals surface area (Å²) in [7, 11) is 1.71. The summed E-state index contributed by atoms with van der Waals surface area (Å²) in [5, 5.41) is 14.6. The van der Waals surface area contributed by atoms with E-state index in [-0.39, 0.29) is 23.9 Å². The van der Waals surface area contributed by atoms with Crippen LogP contribution in [0, 0.1) is 11.3 Å². The highest BCUT2D eigenvalue weighted by Crippen LogP contribution is 2.14. The Morgan fingerprint density at radius 1 is 1.30 bits per heavy atom. The van der Waals surface area contributed by atoms with Gasteiger partial charge in [0.1, 0.15) is 6.07 Å². The van der Waals surface area contributed by atoms with E-state index < -0.39 is 6.04 Å². The van der Waals surface area contributed by atoms with Crippen molar-refractivity contribution in [2.75, 3.05) is 18.9 Å². The van der Waals surface area contributed by atoms with Crippen LogP contribution in [0.2, 0.25) is 0 Å². The van der Waals surface area contributed by atoms with E-state index in [1.807, 2.05) is 26.8 Å². The first-order chi connectivity index (χ1) is 10.6. The Hall–Kier alpha value is -2.39. The number of carbonyl (C=O) groups is 2. The minimum atomic E-state index is -0.507. The molecule has 0 spiro atoms. The van der Waals surface area contributed by atoms with Crippen LogP contribution < -0.4 is 10.6 Å². The van der Waals surface area contributed by atoms with Crippen molar-refractivity contribution in [1.82, 2.24) is 10.2 Å². The van der Waals surface area contributed by atoms with Gasteiger partial charge in [-0.2, -0.15) is 5.26 Å². The van der Waals surface area contributed by atoms with Crippen LogP contribution in [0.1, 0.15) is 33.3 Å². The monoisotopic (exact) mass is 316 g/mol. The SMILES string of the molecule is C[C@H](C(=O)Nc1ccccc1C#N)N(C)CC(=O)NC(C)(C)C. The number of nitrogens with one attached hydrogen (secondary N) is 2. The normalized spacial score (nSPS) is 12.4. The first kappa shape index (κ1) is 18.7. The Labute approximate surface area is 137 Å². The Balaban J connectivity index is 2.66.